The molecule has 1 aromatic heterocycles. The normalized spacial score (nSPS) is 23.1. The predicted octanol–water partition coefficient (Wildman–Crippen LogP) is 2.39. The lowest BCUT2D eigenvalue weighted by atomic mass is 9.97. The molecule has 1 saturated heterocycles. The van der Waals surface area contributed by atoms with Crippen LogP contribution >= 0.6 is 23.2 Å². The number of fused-ring (bicyclic) bond motifs is 1. The van der Waals surface area contributed by atoms with Crippen molar-refractivity contribution in [3.8, 4) is 5.75 Å². The van der Waals surface area contributed by atoms with Gasteiger partial charge in [0.2, 0.25) is 12.2 Å². The zero-order valence-electron chi connectivity index (χ0n) is 20.2. The number of methoxy groups -OCH3 is 1. The average molecular weight is 566 g/mol. The highest BCUT2D eigenvalue weighted by atomic mass is 35.5. The molecule has 13 heteroatoms. The van der Waals surface area contributed by atoms with E-state index in [1.165, 1.54) is 20.2 Å². The number of hydrogen-bond acceptors (Lipinski definition) is 10. The topological polar surface area (TPSA) is 159 Å². The van der Waals surface area contributed by atoms with E-state index in [-0.39, 0.29) is 16.3 Å². The first-order chi connectivity index (χ1) is 18.1. The number of aliphatic hydroxyl groups is 3. The maximum Gasteiger partial charge on any atom is 0.341 e. The van der Waals surface area contributed by atoms with Gasteiger partial charge >= 0.3 is 5.97 Å². The van der Waals surface area contributed by atoms with Gasteiger partial charge in [-0.25, -0.2) is 4.79 Å². The molecule has 5 N–H and O–H groups in total. The van der Waals surface area contributed by atoms with Gasteiger partial charge in [0.1, 0.15) is 35.7 Å². The molecule has 0 unspecified atom stereocenters. The van der Waals surface area contributed by atoms with Gasteiger partial charge in [0.15, 0.2) is 0 Å². The van der Waals surface area contributed by atoms with Gasteiger partial charge in [0.05, 0.1) is 35.0 Å². The molecule has 4 rings (SSSR count). The highest BCUT2D eigenvalue weighted by Gasteiger charge is 2.46. The van der Waals surface area contributed by atoms with Crippen LogP contribution in [-0.4, -0.2) is 76.5 Å². The van der Waals surface area contributed by atoms with Gasteiger partial charge in [0.25, 0.3) is 0 Å². The summed E-state index contributed by atoms with van der Waals surface area (Å²) in [7, 11) is 1.25. The number of aliphatic hydroxyl groups excluding tert-OH is 3. The largest absolute Gasteiger partial charge is 0.465 e. The summed E-state index contributed by atoms with van der Waals surface area (Å²) in [4.78, 5) is 28.5. The summed E-state index contributed by atoms with van der Waals surface area (Å²) in [6.07, 6.45) is -3.95. The number of esters is 1. The molecule has 11 nitrogen and oxygen atoms in total. The maximum absolute atomic E-state index is 12.5. The molecular weight excluding hydrogens is 541 g/mol. The molecule has 0 saturated carbocycles. The SMILES string of the molecule is COC(=O)c1cnc2c(Cl)c(Cl)ccc2c1Nc1cccc(O[C@@H]2O[C@H](CO)[C@H](O)[C@H](O)[C@@H]2NC(C)=O)c1. The third-order valence-corrected chi connectivity index (χ3v) is 6.74. The van der Waals surface area contributed by atoms with E-state index in [1.54, 1.807) is 36.4 Å². The minimum absolute atomic E-state index is 0.147. The van der Waals surface area contributed by atoms with Crippen molar-refractivity contribution < 1.29 is 39.1 Å². The van der Waals surface area contributed by atoms with Gasteiger partial charge in [-0.3, -0.25) is 9.78 Å². The van der Waals surface area contributed by atoms with Crippen molar-refractivity contribution in [3.63, 3.8) is 0 Å². The second-order valence-corrected chi connectivity index (χ2v) is 9.28. The number of pyridine rings is 1. The number of nitrogens with one attached hydrogen (secondary N) is 2. The molecule has 1 aliphatic heterocycles. The Morgan fingerprint density at radius 1 is 1.16 bits per heavy atom. The Morgan fingerprint density at radius 2 is 1.92 bits per heavy atom. The lowest BCUT2D eigenvalue weighted by Gasteiger charge is -2.42. The molecule has 38 heavy (non-hydrogen) atoms. The summed E-state index contributed by atoms with van der Waals surface area (Å²) >= 11 is 12.5. The Bertz CT molecular complexity index is 1360. The fraction of sp³-hybridized carbons (Fsp3) is 0.320. The third-order valence-electron chi connectivity index (χ3n) is 5.94. The summed E-state index contributed by atoms with van der Waals surface area (Å²) in [6.45, 7) is 0.667. The molecular formula is C25H25Cl2N3O8. The lowest BCUT2D eigenvalue weighted by Crippen LogP contribution is -2.65. The van der Waals surface area contributed by atoms with Crippen LogP contribution in [-0.2, 0) is 14.3 Å². The van der Waals surface area contributed by atoms with Crippen LogP contribution in [0.2, 0.25) is 10.0 Å². The molecule has 2 aromatic carbocycles. The molecule has 0 bridgehead atoms. The smallest absolute Gasteiger partial charge is 0.341 e. The minimum atomic E-state index is -1.46. The van der Waals surface area contributed by atoms with E-state index >= 15 is 0 Å². The van der Waals surface area contributed by atoms with Crippen LogP contribution in [0.4, 0.5) is 11.4 Å². The number of ether oxygens (including phenoxy) is 3. The van der Waals surface area contributed by atoms with Gasteiger partial charge in [-0.1, -0.05) is 29.3 Å². The van der Waals surface area contributed by atoms with Crippen LogP contribution in [0, 0.1) is 0 Å². The van der Waals surface area contributed by atoms with Crippen LogP contribution in [0.15, 0.2) is 42.6 Å². The summed E-state index contributed by atoms with van der Waals surface area (Å²) in [5, 5.41) is 37.0. The molecule has 2 heterocycles. The van der Waals surface area contributed by atoms with Crippen molar-refractivity contribution in [2.24, 2.45) is 0 Å². The highest BCUT2D eigenvalue weighted by Crippen LogP contribution is 2.37. The van der Waals surface area contributed by atoms with Crippen molar-refractivity contribution in [3.05, 3.63) is 58.2 Å². The lowest BCUT2D eigenvalue weighted by molar-refractivity contribution is -0.244. The third kappa shape index (κ3) is 5.63. The summed E-state index contributed by atoms with van der Waals surface area (Å²) in [5.41, 5.74) is 1.37. The summed E-state index contributed by atoms with van der Waals surface area (Å²) < 4.78 is 16.5. The Balaban J connectivity index is 1.68. The first-order valence-corrected chi connectivity index (χ1v) is 12.2. The molecule has 5 atom stereocenters. The van der Waals surface area contributed by atoms with Crippen molar-refractivity contribution in [1.29, 1.82) is 0 Å². The van der Waals surface area contributed by atoms with Crippen LogP contribution in [0.3, 0.4) is 0 Å². The second-order valence-electron chi connectivity index (χ2n) is 8.50. The van der Waals surface area contributed by atoms with Crippen LogP contribution in [0.1, 0.15) is 17.3 Å². The Labute approximate surface area is 227 Å². The number of amides is 1. The first-order valence-electron chi connectivity index (χ1n) is 11.4. The molecule has 202 valence electrons. The zero-order valence-corrected chi connectivity index (χ0v) is 21.7. The van der Waals surface area contributed by atoms with E-state index in [2.05, 4.69) is 15.6 Å². The highest BCUT2D eigenvalue weighted by molar-refractivity contribution is 6.45. The van der Waals surface area contributed by atoms with Crippen molar-refractivity contribution in [2.45, 2.75) is 37.6 Å². The van der Waals surface area contributed by atoms with Gasteiger partial charge in [-0.15, -0.1) is 0 Å². The molecule has 3 aromatic rings. The van der Waals surface area contributed by atoms with Gasteiger partial charge in [0, 0.05) is 30.3 Å². The molecule has 1 aliphatic rings. The Morgan fingerprint density at radius 3 is 2.61 bits per heavy atom. The molecule has 0 radical (unpaired) electrons. The standard InChI is InChI=1S/C25H25Cl2N3O8/c1-11(32)29-21-23(34)22(33)17(10-31)38-25(21)37-13-5-3-4-12(8-13)30-19-14-6-7-16(26)18(27)20(14)28-9-15(19)24(35)36-2/h3-9,17,21-23,25,31,33-34H,10H2,1-2H3,(H,28,30)(H,29,32)/t17-,21+,22+,23-,25-/m1/s1. The predicted molar refractivity (Wildman–Crippen MR) is 139 cm³/mol. The molecule has 1 fully saturated rings. The molecule has 0 spiro atoms. The first kappa shape index (κ1) is 27.8. The Kier molecular flexibility index (Phi) is 8.56. The van der Waals surface area contributed by atoms with Gasteiger partial charge in [-0.05, 0) is 24.3 Å². The van der Waals surface area contributed by atoms with E-state index in [4.69, 9.17) is 37.4 Å². The number of halogens is 2. The van der Waals surface area contributed by atoms with E-state index in [0.717, 1.165) is 0 Å². The summed E-state index contributed by atoms with van der Waals surface area (Å²) in [5.74, 6) is -0.846. The zero-order chi connectivity index (χ0) is 27.6. The monoisotopic (exact) mass is 565 g/mol. The average Bonchev–Trinajstić information content (AvgIpc) is 2.90. The van der Waals surface area contributed by atoms with Crippen molar-refractivity contribution >= 4 is 57.4 Å². The fourth-order valence-electron chi connectivity index (χ4n) is 4.10. The van der Waals surface area contributed by atoms with Crippen molar-refractivity contribution in [2.75, 3.05) is 19.0 Å². The fourth-order valence-corrected chi connectivity index (χ4v) is 4.47. The Hall–Kier alpha value is -3.19. The number of aromatic nitrogens is 1. The number of hydrogen-bond donors (Lipinski definition) is 5. The minimum Gasteiger partial charge on any atom is -0.465 e. The van der Waals surface area contributed by atoms with Crippen LogP contribution < -0.4 is 15.4 Å². The van der Waals surface area contributed by atoms with Crippen molar-refractivity contribution in [1.82, 2.24) is 10.3 Å². The number of carbonyl (C=O) groups is 2. The molecule has 1 amide bonds. The van der Waals surface area contributed by atoms with Crippen LogP contribution in [0.5, 0.6) is 5.75 Å². The molecule has 0 aliphatic carbocycles. The van der Waals surface area contributed by atoms with Gasteiger partial charge in [-0.2, -0.15) is 0 Å². The quantitative estimate of drug-likeness (QED) is 0.269. The number of nitrogens with zero attached hydrogens (tertiary/aromatic N) is 1. The second kappa shape index (κ2) is 11.7. The van der Waals surface area contributed by atoms with Crippen LogP contribution in [0.25, 0.3) is 10.9 Å². The van der Waals surface area contributed by atoms with E-state index in [0.29, 0.717) is 27.3 Å². The number of benzene rings is 2. The van der Waals surface area contributed by atoms with E-state index in [1.807, 2.05) is 0 Å². The maximum atomic E-state index is 12.5. The van der Waals surface area contributed by atoms with E-state index in [9.17, 15) is 24.9 Å². The number of anilines is 2. The number of carbonyl (C=O) groups excluding carboxylic acids is 2. The van der Waals surface area contributed by atoms with E-state index < -0.39 is 49.1 Å². The summed E-state index contributed by atoms with van der Waals surface area (Å²) in [6, 6.07) is 8.69. The van der Waals surface area contributed by atoms with Gasteiger partial charge < -0.3 is 40.2 Å². The number of rotatable bonds is 7.